The summed E-state index contributed by atoms with van der Waals surface area (Å²) in [6.07, 6.45) is 5.24. The van der Waals surface area contributed by atoms with Crippen LogP contribution < -0.4 is 5.32 Å². The standard InChI is InChI=1S/C10H11N7/c1-2-11-10-14-8-7(6-12-16-8)9(15-10)17-5-3-4-13-17/h3-6H,2H2,1H3,(H2,11,12,14,15,16). The van der Waals surface area contributed by atoms with E-state index in [0.29, 0.717) is 17.4 Å². The van der Waals surface area contributed by atoms with E-state index >= 15 is 0 Å². The third-order valence-electron chi connectivity index (χ3n) is 2.35. The van der Waals surface area contributed by atoms with E-state index in [-0.39, 0.29) is 0 Å². The summed E-state index contributed by atoms with van der Waals surface area (Å²) in [6, 6.07) is 1.85. The Bertz CT molecular complexity index is 625. The second-order valence-corrected chi connectivity index (χ2v) is 3.48. The first-order valence-corrected chi connectivity index (χ1v) is 5.33. The summed E-state index contributed by atoms with van der Waals surface area (Å²) in [5.41, 5.74) is 0.696. The molecule has 0 saturated heterocycles. The number of nitrogens with zero attached hydrogens (tertiary/aromatic N) is 5. The van der Waals surface area contributed by atoms with Crippen molar-refractivity contribution in [2.24, 2.45) is 0 Å². The number of hydrogen-bond acceptors (Lipinski definition) is 5. The van der Waals surface area contributed by atoms with E-state index in [0.717, 1.165) is 11.9 Å². The van der Waals surface area contributed by atoms with Crippen LogP contribution in [0.25, 0.3) is 16.9 Å². The monoisotopic (exact) mass is 229 g/mol. The fraction of sp³-hybridized carbons (Fsp3) is 0.200. The highest BCUT2D eigenvalue weighted by atomic mass is 15.3. The van der Waals surface area contributed by atoms with Gasteiger partial charge in [-0.1, -0.05) is 0 Å². The third kappa shape index (κ3) is 1.61. The van der Waals surface area contributed by atoms with E-state index in [1.54, 1.807) is 17.1 Å². The minimum Gasteiger partial charge on any atom is -0.354 e. The van der Waals surface area contributed by atoms with Gasteiger partial charge in [0.2, 0.25) is 5.95 Å². The Labute approximate surface area is 96.9 Å². The van der Waals surface area contributed by atoms with Crippen molar-refractivity contribution < 1.29 is 0 Å². The second kappa shape index (κ2) is 3.85. The lowest BCUT2D eigenvalue weighted by Crippen LogP contribution is -2.06. The first-order chi connectivity index (χ1) is 8.38. The van der Waals surface area contributed by atoms with Crippen molar-refractivity contribution in [2.45, 2.75) is 6.92 Å². The quantitative estimate of drug-likeness (QED) is 0.699. The normalized spacial score (nSPS) is 10.9. The molecule has 7 nitrogen and oxygen atoms in total. The van der Waals surface area contributed by atoms with Crippen LogP contribution in [0.5, 0.6) is 0 Å². The zero-order valence-corrected chi connectivity index (χ0v) is 9.25. The number of fused-ring (bicyclic) bond motifs is 1. The van der Waals surface area contributed by atoms with Crippen LogP contribution in [0.1, 0.15) is 6.92 Å². The molecule has 3 rings (SSSR count). The van der Waals surface area contributed by atoms with Crippen LogP contribution in [0.3, 0.4) is 0 Å². The smallest absolute Gasteiger partial charge is 0.226 e. The van der Waals surface area contributed by atoms with Crippen LogP contribution >= 0.6 is 0 Å². The van der Waals surface area contributed by atoms with Gasteiger partial charge >= 0.3 is 0 Å². The molecule has 0 amide bonds. The second-order valence-electron chi connectivity index (χ2n) is 3.48. The van der Waals surface area contributed by atoms with E-state index < -0.39 is 0 Å². The minimum atomic E-state index is 0.565. The molecule has 0 saturated carbocycles. The Morgan fingerprint density at radius 3 is 3.12 bits per heavy atom. The summed E-state index contributed by atoms with van der Waals surface area (Å²) < 4.78 is 1.69. The average Bonchev–Trinajstić information content (AvgIpc) is 2.99. The van der Waals surface area contributed by atoms with Crippen LogP contribution in [0.4, 0.5) is 5.95 Å². The zero-order valence-electron chi connectivity index (χ0n) is 9.25. The largest absolute Gasteiger partial charge is 0.354 e. The number of nitrogens with one attached hydrogen (secondary N) is 2. The number of anilines is 1. The van der Waals surface area contributed by atoms with Gasteiger partial charge in [0.15, 0.2) is 11.5 Å². The molecule has 3 aromatic heterocycles. The summed E-state index contributed by atoms with van der Waals surface area (Å²) in [7, 11) is 0. The van der Waals surface area contributed by atoms with Crippen molar-refractivity contribution in [1.82, 2.24) is 29.9 Å². The molecule has 0 spiro atoms. The van der Waals surface area contributed by atoms with Crippen molar-refractivity contribution in [2.75, 3.05) is 11.9 Å². The van der Waals surface area contributed by atoms with Crippen molar-refractivity contribution in [3.8, 4) is 5.82 Å². The van der Waals surface area contributed by atoms with Crippen LogP contribution in [-0.2, 0) is 0 Å². The highest BCUT2D eigenvalue weighted by Gasteiger charge is 2.10. The van der Waals surface area contributed by atoms with Crippen LogP contribution in [0.15, 0.2) is 24.7 Å². The Morgan fingerprint density at radius 2 is 2.35 bits per heavy atom. The highest BCUT2D eigenvalue weighted by molar-refractivity contribution is 5.82. The summed E-state index contributed by atoms with van der Waals surface area (Å²) in [5, 5.41) is 14.9. The van der Waals surface area contributed by atoms with Gasteiger partial charge in [0.25, 0.3) is 0 Å². The van der Waals surface area contributed by atoms with Crippen molar-refractivity contribution in [3.63, 3.8) is 0 Å². The summed E-state index contributed by atoms with van der Waals surface area (Å²) >= 11 is 0. The van der Waals surface area contributed by atoms with Gasteiger partial charge in [-0.25, -0.2) is 4.68 Å². The van der Waals surface area contributed by atoms with Crippen molar-refractivity contribution in [3.05, 3.63) is 24.7 Å². The van der Waals surface area contributed by atoms with Gasteiger partial charge < -0.3 is 5.32 Å². The van der Waals surface area contributed by atoms with E-state index in [4.69, 9.17) is 0 Å². The molecule has 0 bridgehead atoms. The fourth-order valence-electron chi connectivity index (χ4n) is 1.63. The molecule has 0 atom stereocenters. The first-order valence-electron chi connectivity index (χ1n) is 5.33. The summed E-state index contributed by atoms with van der Waals surface area (Å²) in [6.45, 7) is 2.76. The SMILES string of the molecule is CCNc1nc(-n2cccn2)c2cn[nH]c2n1. The molecule has 0 unspecified atom stereocenters. The molecule has 0 aliphatic rings. The van der Waals surface area contributed by atoms with Crippen LogP contribution in [0.2, 0.25) is 0 Å². The van der Waals surface area contributed by atoms with Gasteiger partial charge in [-0.3, -0.25) is 5.10 Å². The number of aromatic nitrogens is 6. The molecule has 0 aromatic carbocycles. The highest BCUT2D eigenvalue weighted by Crippen LogP contribution is 2.18. The Balaban J connectivity index is 2.23. The van der Waals surface area contributed by atoms with Crippen LogP contribution in [-0.4, -0.2) is 36.5 Å². The third-order valence-corrected chi connectivity index (χ3v) is 2.35. The molecule has 17 heavy (non-hydrogen) atoms. The zero-order chi connectivity index (χ0) is 11.7. The van der Waals surface area contributed by atoms with E-state index in [1.165, 1.54) is 0 Å². The minimum absolute atomic E-state index is 0.565. The fourth-order valence-corrected chi connectivity index (χ4v) is 1.63. The lowest BCUT2D eigenvalue weighted by Gasteiger charge is -2.05. The molecular weight excluding hydrogens is 218 g/mol. The Hall–Kier alpha value is -2.44. The molecule has 0 radical (unpaired) electrons. The lowest BCUT2D eigenvalue weighted by molar-refractivity contribution is 0.851. The van der Waals surface area contributed by atoms with Gasteiger partial charge in [-0.15, -0.1) is 0 Å². The molecule has 3 heterocycles. The van der Waals surface area contributed by atoms with Crippen molar-refractivity contribution in [1.29, 1.82) is 0 Å². The van der Waals surface area contributed by atoms with Gasteiger partial charge in [-0.2, -0.15) is 20.2 Å². The van der Waals surface area contributed by atoms with Gasteiger partial charge in [0.1, 0.15) is 0 Å². The molecule has 0 fully saturated rings. The predicted octanol–water partition coefficient (Wildman–Crippen LogP) is 0.970. The van der Waals surface area contributed by atoms with Gasteiger partial charge in [0.05, 0.1) is 11.6 Å². The van der Waals surface area contributed by atoms with Gasteiger partial charge in [0, 0.05) is 18.9 Å². The predicted molar refractivity (Wildman–Crippen MR) is 63.0 cm³/mol. The number of hydrogen-bond donors (Lipinski definition) is 2. The lowest BCUT2D eigenvalue weighted by atomic mass is 10.4. The summed E-state index contributed by atoms with van der Waals surface area (Å²) in [4.78, 5) is 8.74. The molecule has 2 N–H and O–H groups in total. The molecular formula is C10H11N7. The van der Waals surface area contributed by atoms with E-state index in [2.05, 4.69) is 30.6 Å². The maximum atomic E-state index is 4.42. The summed E-state index contributed by atoms with van der Waals surface area (Å²) in [5.74, 6) is 1.28. The topological polar surface area (TPSA) is 84.3 Å². The number of H-pyrrole nitrogens is 1. The average molecular weight is 229 g/mol. The first kappa shape index (κ1) is 9.76. The van der Waals surface area contributed by atoms with Crippen LogP contribution in [0, 0.1) is 0 Å². The Morgan fingerprint density at radius 1 is 1.41 bits per heavy atom. The van der Waals surface area contributed by atoms with E-state index in [9.17, 15) is 0 Å². The molecule has 0 aliphatic heterocycles. The molecule has 3 aromatic rings. The van der Waals surface area contributed by atoms with Gasteiger partial charge in [-0.05, 0) is 13.0 Å². The molecule has 86 valence electrons. The molecule has 0 aliphatic carbocycles. The molecule has 7 heteroatoms. The number of rotatable bonds is 3. The maximum absolute atomic E-state index is 4.42. The Kier molecular flexibility index (Phi) is 2.21. The maximum Gasteiger partial charge on any atom is 0.226 e. The van der Waals surface area contributed by atoms with E-state index in [1.807, 2.05) is 19.2 Å². The number of aromatic amines is 1. The van der Waals surface area contributed by atoms with Crippen molar-refractivity contribution >= 4 is 17.0 Å².